The van der Waals surface area contributed by atoms with E-state index in [-0.39, 0.29) is 5.56 Å². The van der Waals surface area contributed by atoms with Crippen molar-refractivity contribution in [3.63, 3.8) is 0 Å². The van der Waals surface area contributed by atoms with E-state index in [1.165, 1.54) is 11.0 Å². The molecule has 0 aliphatic carbocycles. The van der Waals surface area contributed by atoms with E-state index < -0.39 is 0 Å². The Bertz CT molecular complexity index is 545. The molecule has 0 spiro atoms. The molecule has 0 bridgehead atoms. The highest BCUT2D eigenvalue weighted by Crippen LogP contribution is 2.21. The largest absolute Gasteiger partial charge is 0.292 e. The Hall–Kier alpha value is -1.30. The third-order valence-electron chi connectivity index (χ3n) is 2.34. The van der Waals surface area contributed by atoms with Gasteiger partial charge in [-0.2, -0.15) is 0 Å². The van der Waals surface area contributed by atoms with Gasteiger partial charge in [0.2, 0.25) is 0 Å². The molecule has 86 valence electrons. The van der Waals surface area contributed by atoms with E-state index in [0.717, 1.165) is 29.1 Å². The van der Waals surface area contributed by atoms with E-state index in [1.54, 1.807) is 18.8 Å². The molecule has 2 heterocycles. The summed E-state index contributed by atoms with van der Waals surface area (Å²) in [5.74, 6) is 1.01. The maximum absolute atomic E-state index is 11.6. The van der Waals surface area contributed by atoms with E-state index >= 15 is 0 Å². The molecule has 0 aromatic carbocycles. The number of nitrogens with one attached hydrogen (secondary N) is 1. The Morgan fingerprint density at radius 3 is 3.06 bits per heavy atom. The van der Waals surface area contributed by atoms with Crippen molar-refractivity contribution >= 4 is 22.8 Å². The zero-order valence-electron chi connectivity index (χ0n) is 9.36. The third-order valence-corrected chi connectivity index (χ3v) is 3.41. The van der Waals surface area contributed by atoms with Crippen molar-refractivity contribution in [1.82, 2.24) is 19.7 Å². The van der Waals surface area contributed by atoms with Crippen molar-refractivity contribution < 1.29 is 0 Å². The van der Waals surface area contributed by atoms with Crippen LogP contribution in [0.5, 0.6) is 0 Å². The van der Waals surface area contributed by atoms with Crippen LogP contribution in [-0.4, -0.2) is 25.5 Å². The number of aromatic nitrogens is 4. The number of aromatic amines is 1. The van der Waals surface area contributed by atoms with Gasteiger partial charge in [0.05, 0.1) is 0 Å². The molecular weight excluding hydrogens is 224 g/mol. The smallest absolute Gasteiger partial charge is 0.291 e. The van der Waals surface area contributed by atoms with Crippen LogP contribution in [0.2, 0.25) is 0 Å². The lowest BCUT2D eigenvalue weighted by Crippen LogP contribution is -2.11. The SMILES string of the molecule is CCCCSc1ncnc2c(=O)n(C)[nH]c12. The summed E-state index contributed by atoms with van der Waals surface area (Å²) in [5, 5.41) is 3.84. The van der Waals surface area contributed by atoms with Gasteiger partial charge < -0.3 is 0 Å². The summed E-state index contributed by atoms with van der Waals surface area (Å²) in [6.07, 6.45) is 3.76. The van der Waals surface area contributed by atoms with Gasteiger partial charge in [0, 0.05) is 7.05 Å². The number of fused-ring (bicyclic) bond motifs is 1. The van der Waals surface area contributed by atoms with Gasteiger partial charge in [-0.3, -0.25) is 14.6 Å². The highest BCUT2D eigenvalue weighted by atomic mass is 32.2. The molecule has 0 atom stereocenters. The van der Waals surface area contributed by atoms with Crippen LogP contribution in [0.15, 0.2) is 16.1 Å². The molecule has 2 aromatic heterocycles. The van der Waals surface area contributed by atoms with Crippen molar-refractivity contribution in [2.75, 3.05) is 5.75 Å². The van der Waals surface area contributed by atoms with E-state index in [1.807, 2.05) is 0 Å². The van der Waals surface area contributed by atoms with Crippen molar-refractivity contribution in [2.24, 2.45) is 7.05 Å². The zero-order chi connectivity index (χ0) is 11.5. The molecule has 0 aliphatic heterocycles. The quantitative estimate of drug-likeness (QED) is 0.498. The molecule has 1 N–H and O–H groups in total. The van der Waals surface area contributed by atoms with Crippen molar-refractivity contribution in [2.45, 2.75) is 24.8 Å². The molecule has 0 radical (unpaired) electrons. The minimum absolute atomic E-state index is 0.102. The molecule has 0 saturated heterocycles. The summed E-state index contributed by atoms with van der Waals surface area (Å²) < 4.78 is 1.43. The number of thioether (sulfide) groups is 1. The molecule has 6 heteroatoms. The molecule has 0 aliphatic rings. The van der Waals surface area contributed by atoms with Gasteiger partial charge >= 0.3 is 0 Å². The monoisotopic (exact) mass is 238 g/mol. The highest BCUT2D eigenvalue weighted by Gasteiger charge is 2.10. The van der Waals surface area contributed by atoms with Gasteiger partial charge in [-0.15, -0.1) is 11.8 Å². The fourth-order valence-corrected chi connectivity index (χ4v) is 2.47. The topological polar surface area (TPSA) is 63.6 Å². The number of nitrogens with zero attached hydrogens (tertiary/aromatic N) is 3. The zero-order valence-corrected chi connectivity index (χ0v) is 10.2. The molecule has 0 unspecified atom stereocenters. The number of aryl methyl sites for hydroxylation is 1. The van der Waals surface area contributed by atoms with Crippen LogP contribution in [0, 0.1) is 0 Å². The molecule has 5 nitrogen and oxygen atoms in total. The van der Waals surface area contributed by atoms with Gasteiger partial charge in [-0.05, 0) is 12.2 Å². The molecule has 0 saturated carbocycles. The normalized spacial score (nSPS) is 11.1. The Morgan fingerprint density at radius 2 is 2.31 bits per heavy atom. The van der Waals surface area contributed by atoms with Crippen LogP contribution < -0.4 is 5.56 Å². The summed E-state index contributed by atoms with van der Waals surface area (Å²) in [5.41, 5.74) is 1.11. The van der Waals surface area contributed by atoms with Crippen LogP contribution >= 0.6 is 11.8 Å². The molecule has 0 amide bonds. The maximum atomic E-state index is 11.6. The van der Waals surface area contributed by atoms with E-state index in [4.69, 9.17) is 0 Å². The lowest BCUT2D eigenvalue weighted by atomic mass is 10.4. The van der Waals surface area contributed by atoms with Gasteiger partial charge in [0.25, 0.3) is 5.56 Å². The Kier molecular flexibility index (Phi) is 3.28. The average Bonchev–Trinajstić information content (AvgIpc) is 2.57. The van der Waals surface area contributed by atoms with E-state index in [0.29, 0.717) is 5.52 Å². The first-order valence-corrected chi connectivity index (χ1v) is 6.25. The summed E-state index contributed by atoms with van der Waals surface area (Å²) in [6.45, 7) is 2.15. The number of H-pyrrole nitrogens is 1. The number of hydrogen-bond donors (Lipinski definition) is 1. The Labute approximate surface area is 97.3 Å². The third kappa shape index (κ3) is 1.97. The summed E-state index contributed by atoms with van der Waals surface area (Å²) >= 11 is 1.66. The second kappa shape index (κ2) is 4.69. The van der Waals surface area contributed by atoms with Crippen LogP contribution in [0.1, 0.15) is 19.8 Å². The second-order valence-electron chi connectivity index (χ2n) is 3.58. The van der Waals surface area contributed by atoms with Gasteiger partial charge in [-0.1, -0.05) is 13.3 Å². The lowest BCUT2D eigenvalue weighted by Gasteiger charge is -1.99. The summed E-state index contributed by atoms with van der Waals surface area (Å²) in [7, 11) is 1.69. The Morgan fingerprint density at radius 1 is 1.50 bits per heavy atom. The molecular formula is C10H14N4OS. The fraction of sp³-hybridized carbons (Fsp3) is 0.500. The van der Waals surface area contributed by atoms with Crippen LogP contribution in [0.25, 0.3) is 11.0 Å². The van der Waals surface area contributed by atoms with Crippen LogP contribution in [0.3, 0.4) is 0 Å². The molecule has 2 rings (SSSR count). The minimum atomic E-state index is -0.102. The van der Waals surface area contributed by atoms with Crippen LogP contribution in [-0.2, 0) is 7.05 Å². The first-order valence-electron chi connectivity index (χ1n) is 5.26. The molecule has 0 fully saturated rings. The van der Waals surface area contributed by atoms with Crippen molar-refractivity contribution in [3.8, 4) is 0 Å². The van der Waals surface area contributed by atoms with Gasteiger partial charge in [0.1, 0.15) is 16.9 Å². The summed E-state index contributed by atoms with van der Waals surface area (Å²) in [6, 6.07) is 0. The highest BCUT2D eigenvalue weighted by molar-refractivity contribution is 7.99. The van der Waals surface area contributed by atoms with Crippen molar-refractivity contribution in [1.29, 1.82) is 0 Å². The first kappa shape index (κ1) is 11.2. The fourth-order valence-electron chi connectivity index (χ4n) is 1.43. The second-order valence-corrected chi connectivity index (χ2v) is 4.66. The molecule has 2 aromatic rings. The number of unbranched alkanes of at least 4 members (excludes halogenated alkanes) is 1. The lowest BCUT2D eigenvalue weighted by molar-refractivity contribution is 0.748. The van der Waals surface area contributed by atoms with Crippen LogP contribution in [0.4, 0.5) is 0 Å². The molecule has 16 heavy (non-hydrogen) atoms. The predicted octanol–water partition coefficient (Wildman–Crippen LogP) is 1.55. The predicted molar refractivity (Wildman–Crippen MR) is 64.8 cm³/mol. The minimum Gasteiger partial charge on any atom is -0.291 e. The van der Waals surface area contributed by atoms with Crippen molar-refractivity contribution in [3.05, 3.63) is 16.7 Å². The summed E-state index contributed by atoms with van der Waals surface area (Å²) in [4.78, 5) is 19.8. The maximum Gasteiger partial charge on any atom is 0.292 e. The number of hydrogen-bond acceptors (Lipinski definition) is 4. The standard InChI is InChI=1S/C10H14N4OS/c1-3-4-5-16-9-7-8(11-6-12-9)10(15)14(2)13-7/h6,13H,3-5H2,1-2H3. The van der Waals surface area contributed by atoms with Gasteiger partial charge in [0.15, 0.2) is 5.52 Å². The average molecular weight is 238 g/mol. The van der Waals surface area contributed by atoms with E-state index in [2.05, 4.69) is 22.0 Å². The van der Waals surface area contributed by atoms with E-state index in [9.17, 15) is 4.79 Å². The van der Waals surface area contributed by atoms with Gasteiger partial charge in [-0.25, -0.2) is 9.97 Å². The number of rotatable bonds is 4. The Balaban J connectivity index is 2.38. The first-order chi connectivity index (χ1) is 7.74.